The van der Waals surface area contributed by atoms with Crippen molar-refractivity contribution in [1.29, 1.82) is 0 Å². The molecular formula is C11H16N2O2. The van der Waals surface area contributed by atoms with Crippen LogP contribution in [-0.4, -0.2) is 26.1 Å². The van der Waals surface area contributed by atoms with Gasteiger partial charge in [0.15, 0.2) is 0 Å². The molecule has 82 valence electrons. The number of rotatable bonds is 5. The van der Waals surface area contributed by atoms with Gasteiger partial charge in [-0.3, -0.25) is 4.79 Å². The molecule has 3 N–H and O–H groups in total. The molecule has 0 heterocycles. The highest BCUT2D eigenvalue weighted by atomic mass is 16.5. The van der Waals surface area contributed by atoms with Crippen molar-refractivity contribution in [3.05, 3.63) is 29.8 Å². The van der Waals surface area contributed by atoms with Gasteiger partial charge in [-0.2, -0.15) is 0 Å². The Hall–Kier alpha value is -1.55. The predicted molar refractivity (Wildman–Crippen MR) is 58.7 cm³/mol. The maximum absolute atomic E-state index is 11.0. The first kappa shape index (κ1) is 11.5. The molecule has 0 aromatic heterocycles. The zero-order valence-electron chi connectivity index (χ0n) is 8.99. The molecule has 0 bridgehead atoms. The van der Waals surface area contributed by atoms with Gasteiger partial charge in [0.25, 0.3) is 0 Å². The zero-order valence-corrected chi connectivity index (χ0v) is 8.99. The molecule has 0 aliphatic carbocycles. The van der Waals surface area contributed by atoms with Crippen LogP contribution < -0.4 is 15.8 Å². The molecule has 1 amide bonds. The number of ether oxygens (including phenoxy) is 1. The first-order valence-electron chi connectivity index (χ1n) is 4.77. The first-order chi connectivity index (χ1) is 7.17. The maximum Gasteiger partial charge on any atom is 0.234 e. The van der Waals surface area contributed by atoms with Crippen LogP contribution in [0, 0.1) is 0 Å². The topological polar surface area (TPSA) is 64.3 Å². The van der Waals surface area contributed by atoms with E-state index in [4.69, 9.17) is 10.5 Å². The van der Waals surface area contributed by atoms with Crippen LogP contribution in [0.25, 0.3) is 0 Å². The summed E-state index contributed by atoms with van der Waals surface area (Å²) in [6.45, 7) is 0. The van der Waals surface area contributed by atoms with Crippen molar-refractivity contribution in [2.45, 2.75) is 12.5 Å². The minimum absolute atomic E-state index is 0.321. The third-order valence-electron chi connectivity index (χ3n) is 2.29. The van der Waals surface area contributed by atoms with Crippen LogP contribution in [0.2, 0.25) is 0 Å². The van der Waals surface area contributed by atoms with Crippen molar-refractivity contribution in [3.8, 4) is 5.75 Å². The summed E-state index contributed by atoms with van der Waals surface area (Å²) in [7, 11) is 3.34. The number of hydrogen-bond donors (Lipinski definition) is 2. The Morgan fingerprint density at radius 1 is 1.47 bits per heavy atom. The van der Waals surface area contributed by atoms with E-state index in [2.05, 4.69) is 5.32 Å². The fraction of sp³-hybridized carbons (Fsp3) is 0.364. The minimum Gasteiger partial charge on any atom is -0.497 e. The Balaban J connectivity index is 2.67. The van der Waals surface area contributed by atoms with E-state index in [0.29, 0.717) is 6.42 Å². The van der Waals surface area contributed by atoms with E-state index >= 15 is 0 Å². The minimum atomic E-state index is -0.340. The van der Waals surface area contributed by atoms with E-state index in [1.165, 1.54) is 0 Å². The van der Waals surface area contributed by atoms with Gasteiger partial charge in [-0.15, -0.1) is 0 Å². The molecule has 4 nitrogen and oxygen atoms in total. The number of nitrogens with one attached hydrogen (secondary N) is 1. The number of amides is 1. The van der Waals surface area contributed by atoms with Crippen LogP contribution in [0.4, 0.5) is 0 Å². The lowest BCUT2D eigenvalue weighted by atomic mass is 10.1. The van der Waals surface area contributed by atoms with Crippen LogP contribution in [0.15, 0.2) is 24.3 Å². The van der Waals surface area contributed by atoms with E-state index in [1.807, 2.05) is 24.3 Å². The molecule has 4 heteroatoms. The lowest BCUT2D eigenvalue weighted by molar-refractivity contribution is -0.119. The van der Waals surface area contributed by atoms with Crippen LogP contribution in [0.5, 0.6) is 5.75 Å². The van der Waals surface area contributed by atoms with Gasteiger partial charge >= 0.3 is 0 Å². The van der Waals surface area contributed by atoms with Crippen LogP contribution in [0.1, 0.15) is 5.56 Å². The van der Waals surface area contributed by atoms with Gasteiger partial charge in [-0.1, -0.05) is 12.1 Å². The summed E-state index contributed by atoms with van der Waals surface area (Å²) < 4.78 is 5.04. The molecule has 0 aliphatic rings. The molecule has 1 unspecified atom stereocenters. The Bertz CT molecular complexity index is 322. The van der Waals surface area contributed by atoms with Crippen molar-refractivity contribution in [3.63, 3.8) is 0 Å². The highest BCUT2D eigenvalue weighted by molar-refractivity contribution is 5.80. The maximum atomic E-state index is 11.0. The number of likely N-dealkylation sites (N-methyl/N-ethyl adjacent to an activating group) is 1. The summed E-state index contributed by atoms with van der Waals surface area (Å²) in [6, 6.07) is 7.25. The Morgan fingerprint density at radius 2 is 2.07 bits per heavy atom. The van der Waals surface area contributed by atoms with Gasteiger partial charge in [-0.25, -0.2) is 0 Å². The number of methoxy groups -OCH3 is 1. The fourth-order valence-corrected chi connectivity index (χ4v) is 1.34. The van der Waals surface area contributed by atoms with Crippen molar-refractivity contribution in [1.82, 2.24) is 5.32 Å². The van der Waals surface area contributed by atoms with Crippen molar-refractivity contribution < 1.29 is 9.53 Å². The molecule has 1 aromatic rings. The number of carbonyl (C=O) groups excluding carboxylic acids is 1. The summed E-state index contributed by atoms with van der Waals surface area (Å²) in [5.41, 5.74) is 6.27. The summed E-state index contributed by atoms with van der Waals surface area (Å²) in [4.78, 5) is 11.0. The zero-order chi connectivity index (χ0) is 11.3. The van der Waals surface area contributed by atoms with Gasteiger partial charge < -0.3 is 15.8 Å². The van der Waals surface area contributed by atoms with Crippen LogP contribution >= 0.6 is 0 Å². The van der Waals surface area contributed by atoms with Gasteiger partial charge in [0.1, 0.15) is 5.75 Å². The summed E-state index contributed by atoms with van der Waals surface area (Å²) in [6.07, 6.45) is 0.593. The van der Waals surface area contributed by atoms with E-state index < -0.39 is 0 Å². The van der Waals surface area contributed by atoms with E-state index in [1.54, 1.807) is 14.2 Å². The highest BCUT2D eigenvalue weighted by Crippen LogP contribution is 2.12. The first-order valence-corrected chi connectivity index (χ1v) is 4.77. The van der Waals surface area contributed by atoms with E-state index in [9.17, 15) is 4.79 Å². The Labute approximate surface area is 89.4 Å². The normalized spacial score (nSPS) is 12.1. The second kappa shape index (κ2) is 5.36. The monoisotopic (exact) mass is 208 g/mol. The smallest absolute Gasteiger partial charge is 0.234 e. The Morgan fingerprint density at radius 3 is 2.47 bits per heavy atom. The molecule has 15 heavy (non-hydrogen) atoms. The SMILES string of the molecule is CNC(Cc1ccc(OC)cc1)C(N)=O. The standard InChI is InChI=1S/C11H16N2O2/c1-13-10(11(12)14)7-8-3-5-9(15-2)6-4-8/h3-6,10,13H,7H2,1-2H3,(H2,12,14). The number of nitrogens with two attached hydrogens (primary N) is 1. The van der Waals surface area contributed by atoms with Gasteiger partial charge in [0.05, 0.1) is 13.2 Å². The number of carbonyl (C=O) groups is 1. The molecule has 1 aromatic carbocycles. The molecular weight excluding hydrogens is 192 g/mol. The summed E-state index contributed by atoms with van der Waals surface area (Å²) >= 11 is 0. The van der Waals surface area contributed by atoms with Gasteiger partial charge in [0, 0.05) is 0 Å². The van der Waals surface area contributed by atoms with Crippen molar-refractivity contribution in [2.75, 3.05) is 14.2 Å². The van der Waals surface area contributed by atoms with Gasteiger partial charge in [-0.05, 0) is 31.2 Å². The molecule has 0 aliphatic heterocycles. The molecule has 0 fully saturated rings. The quantitative estimate of drug-likeness (QED) is 0.732. The second-order valence-electron chi connectivity index (χ2n) is 3.30. The van der Waals surface area contributed by atoms with Crippen LogP contribution in [0.3, 0.4) is 0 Å². The Kier molecular flexibility index (Phi) is 4.12. The molecule has 0 spiro atoms. The molecule has 0 saturated carbocycles. The molecule has 1 atom stereocenters. The number of hydrogen-bond acceptors (Lipinski definition) is 3. The summed E-state index contributed by atoms with van der Waals surface area (Å²) in [5, 5.41) is 2.87. The predicted octanol–water partition coefficient (Wildman–Crippen LogP) is 0.311. The average Bonchev–Trinajstić information content (AvgIpc) is 2.26. The van der Waals surface area contributed by atoms with Crippen LogP contribution in [-0.2, 0) is 11.2 Å². The number of primary amides is 1. The van der Waals surface area contributed by atoms with Crippen molar-refractivity contribution >= 4 is 5.91 Å². The number of benzene rings is 1. The largest absolute Gasteiger partial charge is 0.497 e. The average molecular weight is 208 g/mol. The summed E-state index contributed by atoms with van der Waals surface area (Å²) in [5.74, 6) is 0.465. The second-order valence-corrected chi connectivity index (χ2v) is 3.30. The molecule has 1 rings (SSSR count). The third-order valence-corrected chi connectivity index (χ3v) is 2.29. The highest BCUT2D eigenvalue weighted by Gasteiger charge is 2.12. The van der Waals surface area contributed by atoms with Crippen molar-refractivity contribution in [2.24, 2.45) is 5.73 Å². The fourth-order valence-electron chi connectivity index (χ4n) is 1.34. The third kappa shape index (κ3) is 3.25. The van der Waals surface area contributed by atoms with E-state index in [0.717, 1.165) is 11.3 Å². The molecule has 0 radical (unpaired) electrons. The lowest BCUT2D eigenvalue weighted by Gasteiger charge is -2.12. The lowest BCUT2D eigenvalue weighted by Crippen LogP contribution is -2.40. The molecule has 0 saturated heterocycles. The van der Waals surface area contributed by atoms with Gasteiger partial charge in [0.2, 0.25) is 5.91 Å². The van der Waals surface area contributed by atoms with E-state index in [-0.39, 0.29) is 11.9 Å².